The number of amides is 1. The van der Waals surface area contributed by atoms with Crippen LogP contribution in [0.1, 0.15) is 23.7 Å². The first-order chi connectivity index (χ1) is 9.85. The standard InChI is InChI=1S/C12H16Br2N2O3S2/c1-2-7-21(18,19)16-5-3-15(4-6-16)12(17)9-8-10(13)20-11(9)14/h8H,2-7H2,1H3. The molecule has 118 valence electrons. The first kappa shape index (κ1) is 17.4. The fourth-order valence-electron chi connectivity index (χ4n) is 2.21. The lowest BCUT2D eigenvalue weighted by atomic mass is 10.2. The van der Waals surface area contributed by atoms with Crippen molar-refractivity contribution < 1.29 is 13.2 Å². The molecule has 1 amide bonds. The Labute approximate surface area is 145 Å². The van der Waals surface area contributed by atoms with Gasteiger partial charge in [0, 0.05) is 26.2 Å². The lowest BCUT2D eigenvalue weighted by Gasteiger charge is -2.34. The van der Waals surface area contributed by atoms with Crippen LogP contribution < -0.4 is 0 Å². The van der Waals surface area contributed by atoms with E-state index < -0.39 is 10.0 Å². The van der Waals surface area contributed by atoms with Gasteiger partial charge >= 0.3 is 0 Å². The van der Waals surface area contributed by atoms with Gasteiger partial charge < -0.3 is 4.90 Å². The molecule has 0 bridgehead atoms. The van der Waals surface area contributed by atoms with E-state index in [-0.39, 0.29) is 11.7 Å². The Morgan fingerprint density at radius 1 is 1.29 bits per heavy atom. The normalized spacial score (nSPS) is 17.2. The second kappa shape index (κ2) is 7.08. The predicted molar refractivity (Wildman–Crippen MR) is 91.3 cm³/mol. The van der Waals surface area contributed by atoms with Gasteiger partial charge in [-0.25, -0.2) is 8.42 Å². The van der Waals surface area contributed by atoms with Gasteiger partial charge in [0.25, 0.3) is 5.91 Å². The second-order valence-electron chi connectivity index (χ2n) is 4.75. The number of rotatable bonds is 4. The number of sulfonamides is 1. The molecule has 0 aliphatic carbocycles. The Bertz CT molecular complexity index is 622. The van der Waals surface area contributed by atoms with Gasteiger partial charge in [-0.1, -0.05) is 6.92 Å². The third-order valence-electron chi connectivity index (χ3n) is 3.27. The van der Waals surface area contributed by atoms with Crippen molar-refractivity contribution in [1.82, 2.24) is 9.21 Å². The zero-order valence-corrected chi connectivity index (χ0v) is 16.3. The molecule has 0 unspecified atom stereocenters. The molecule has 0 radical (unpaired) electrons. The lowest BCUT2D eigenvalue weighted by Crippen LogP contribution is -2.51. The number of piperazine rings is 1. The quantitative estimate of drug-likeness (QED) is 0.695. The van der Waals surface area contributed by atoms with E-state index in [0.717, 1.165) is 7.57 Å². The number of nitrogens with zero attached hydrogens (tertiary/aromatic N) is 2. The van der Waals surface area contributed by atoms with Gasteiger partial charge in [0.05, 0.1) is 18.9 Å². The van der Waals surface area contributed by atoms with Crippen molar-refractivity contribution in [1.29, 1.82) is 0 Å². The van der Waals surface area contributed by atoms with Crippen LogP contribution in [0.3, 0.4) is 0 Å². The van der Waals surface area contributed by atoms with Crippen LogP contribution in [0.4, 0.5) is 0 Å². The number of carbonyl (C=O) groups is 1. The van der Waals surface area contributed by atoms with E-state index in [1.54, 1.807) is 11.0 Å². The summed E-state index contributed by atoms with van der Waals surface area (Å²) in [5.74, 6) is 0.112. The smallest absolute Gasteiger partial charge is 0.255 e. The number of carbonyl (C=O) groups excluding carboxylic acids is 1. The molecular weight excluding hydrogens is 444 g/mol. The molecule has 2 heterocycles. The Hall–Kier alpha value is 0.0400. The van der Waals surface area contributed by atoms with Crippen molar-refractivity contribution in [2.75, 3.05) is 31.9 Å². The fourth-order valence-corrected chi connectivity index (χ4v) is 6.48. The van der Waals surface area contributed by atoms with E-state index in [1.807, 2.05) is 6.92 Å². The first-order valence-corrected chi connectivity index (χ1v) is 10.6. The number of thiophene rings is 1. The molecule has 0 N–H and O–H groups in total. The van der Waals surface area contributed by atoms with Gasteiger partial charge in [0.1, 0.15) is 0 Å². The van der Waals surface area contributed by atoms with Crippen LogP contribution in [0.5, 0.6) is 0 Å². The van der Waals surface area contributed by atoms with Crippen molar-refractivity contribution in [3.8, 4) is 0 Å². The van der Waals surface area contributed by atoms with E-state index in [4.69, 9.17) is 0 Å². The maximum Gasteiger partial charge on any atom is 0.255 e. The molecule has 1 aliphatic heterocycles. The molecule has 21 heavy (non-hydrogen) atoms. The van der Waals surface area contributed by atoms with Crippen molar-refractivity contribution in [3.05, 3.63) is 19.2 Å². The summed E-state index contributed by atoms with van der Waals surface area (Å²) in [5, 5.41) is 0. The Balaban J connectivity index is 2.01. The summed E-state index contributed by atoms with van der Waals surface area (Å²) in [5.41, 5.74) is 0.622. The number of hydrogen-bond donors (Lipinski definition) is 0. The van der Waals surface area contributed by atoms with Crippen molar-refractivity contribution in [3.63, 3.8) is 0 Å². The zero-order chi connectivity index (χ0) is 15.6. The number of hydrogen-bond acceptors (Lipinski definition) is 4. The molecule has 2 rings (SSSR count). The summed E-state index contributed by atoms with van der Waals surface area (Å²) in [6.07, 6.45) is 0.608. The monoisotopic (exact) mass is 458 g/mol. The third kappa shape index (κ3) is 4.07. The van der Waals surface area contributed by atoms with E-state index >= 15 is 0 Å². The molecule has 9 heteroatoms. The highest BCUT2D eigenvalue weighted by atomic mass is 79.9. The van der Waals surface area contributed by atoms with Crippen LogP contribution in [-0.2, 0) is 10.0 Å². The van der Waals surface area contributed by atoms with Gasteiger partial charge in [0.15, 0.2) is 0 Å². The van der Waals surface area contributed by atoms with Crippen LogP contribution in [0, 0.1) is 0 Å². The molecule has 1 fully saturated rings. The minimum absolute atomic E-state index is 0.0589. The summed E-state index contributed by atoms with van der Waals surface area (Å²) in [7, 11) is -3.17. The van der Waals surface area contributed by atoms with Gasteiger partial charge in [-0.3, -0.25) is 4.79 Å². The minimum atomic E-state index is -3.17. The van der Waals surface area contributed by atoms with E-state index in [9.17, 15) is 13.2 Å². The molecular formula is C12H16Br2N2O3S2. The summed E-state index contributed by atoms with van der Waals surface area (Å²) < 4.78 is 27.2. The van der Waals surface area contributed by atoms with Crippen LogP contribution in [0.2, 0.25) is 0 Å². The summed E-state index contributed by atoms with van der Waals surface area (Å²) >= 11 is 8.19. The Morgan fingerprint density at radius 2 is 1.90 bits per heavy atom. The van der Waals surface area contributed by atoms with Crippen LogP contribution in [-0.4, -0.2) is 55.5 Å². The van der Waals surface area contributed by atoms with Gasteiger partial charge in [0.2, 0.25) is 10.0 Å². The summed E-state index contributed by atoms with van der Waals surface area (Å²) in [4.78, 5) is 14.1. The SMILES string of the molecule is CCCS(=O)(=O)N1CCN(C(=O)c2cc(Br)sc2Br)CC1. The second-order valence-corrected chi connectivity index (χ2v) is 10.6. The van der Waals surface area contributed by atoms with E-state index in [0.29, 0.717) is 38.2 Å². The van der Waals surface area contributed by atoms with Gasteiger partial charge in [-0.05, 0) is 44.3 Å². The average molecular weight is 460 g/mol. The Morgan fingerprint density at radius 3 is 2.38 bits per heavy atom. The van der Waals surface area contributed by atoms with Crippen LogP contribution in [0.15, 0.2) is 13.6 Å². The molecule has 0 spiro atoms. The van der Waals surface area contributed by atoms with Gasteiger partial charge in [-0.15, -0.1) is 11.3 Å². The van der Waals surface area contributed by atoms with E-state index in [1.165, 1.54) is 15.6 Å². The van der Waals surface area contributed by atoms with E-state index in [2.05, 4.69) is 31.9 Å². The molecule has 1 saturated heterocycles. The highest BCUT2D eigenvalue weighted by Gasteiger charge is 2.29. The predicted octanol–water partition coefficient (Wildman–Crippen LogP) is 2.77. The zero-order valence-electron chi connectivity index (χ0n) is 11.5. The van der Waals surface area contributed by atoms with Crippen molar-refractivity contribution in [2.45, 2.75) is 13.3 Å². The highest BCUT2D eigenvalue weighted by Crippen LogP contribution is 2.32. The summed E-state index contributed by atoms with van der Waals surface area (Å²) in [6.45, 7) is 3.46. The van der Waals surface area contributed by atoms with Crippen LogP contribution >= 0.6 is 43.2 Å². The van der Waals surface area contributed by atoms with Crippen LogP contribution in [0.25, 0.3) is 0 Å². The Kier molecular flexibility index (Phi) is 5.86. The first-order valence-electron chi connectivity index (χ1n) is 6.57. The molecule has 0 atom stereocenters. The van der Waals surface area contributed by atoms with Gasteiger partial charge in [-0.2, -0.15) is 4.31 Å². The maximum atomic E-state index is 12.4. The highest BCUT2D eigenvalue weighted by molar-refractivity contribution is 9.12. The van der Waals surface area contributed by atoms with Crippen molar-refractivity contribution in [2.24, 2.45) is 0 Å². The molecule has 5 nitrogen and oxygen atoms in total. The fraction of sp³-hybridized carbons (Fsp3) is 0.583. The average Bonchev–Trinajstić information content (AvgIpc) is 2.77. The molecule has 0 aromatic carbocycles. The molecule has 1 aromatic heterocycles. The molecule has 1 aromatic rings. The molecule has 1 aliphatic rings. The number of halogens is 2. The lowest BCUT2D eigenvalue weighted by molar-refractivity contribution is 0.0697. The molecule has 0 saturated carbocycles. The third-order valence-corrected chi connectivity index (χ3v) is 7.68. The topological polar surface area (TPSA) is 57.7 Å². The maximum absolute atomic E-state index is 12.4. The minimum Gasteiger partial charge on any atom is -0.336 e. The van der Waals surface area contributed by atoms with Crippen molar-refractivity contribution >= 4 is 59.1 Å². The largest absolute Gasteiger partial charge is 0.336 e. The summed E-state index contributed by atoms with van der Waals surface area (Å²) in [6, 6.07) is 1.79.